The van der Waals surface area contributed by atoms with E-state index in [-0.39, 0.29) is 0 Å². The summed E-state index contributed by atoms with van der Waals surface area (Å²) in [5.41, 5.74) is 2.26. The molecule has 0 aliphatic heterocycles. The molecule has 0 saturated heterocycles. The Morgan fingerprint density at radius 2 is 2.00 bits per heavy atom. The van der Waals surface area contributed by atoms with Gasteiger partial charge in [-0.05, 0) is 11.1 Å². The lowest BCUT2D eigenvalue weighted by Gasteiger charge is -2.02. The van der Waals surface area contributed by atoms with Crippen LogP contribution < -0.4 is 0 Å². The molecule has 0 N–H and O–H groups in total. The molecule has 0 aliphatic rings. The molecule has 13 heavy (non-hydrogen) atoms. The van der Waals surface area contributed by atoms with E-state index >= 15 is 0 Å². The van der Waals surface area contributed by atoms with Crippen molar-refractivity contribution in [2.75, 3.05) is 13.9 Å². The molecule has 0 fully saturated rings. The molecule has 2 heteroatoms. The van der Waals surface area contributed by atoms with Gasteiger partial charge in [-0.1, -0.05) is 36.9 Å². The summed E-state index contributed by atoms with van der Waals surface area (Å²) < 4.78 is 9.96. The first-order chi connectivity index (χ1) is 6.36. The van der Waals surface area contributed by atoms with Crippen LogP contribution in [0.2, 0.25) is 0 Å². The first-order valence-corrected chi connectivity index (χ1v) is 4.15. The minimum absolute atomic E-state index is 0.337. The van der Waals surface area contributed by atoms with E-state index in [0.29, 0.717) is 13.4 Å². The topological polar surface area (TPSA) is 18.5 Å². The summed E-state index contributed by atoms with van der Waals surface area (Å²) in [6.45, 7) is 4.61. The normalized spacial score (nSPS) is 9.92. The van der Waals surface area contributed by atoms with Crippen LogP contribution in [-0.4, -0.2) is 13.9 Å². The molecule has 1 aromatic carbocycles. The zero-order valence-corrected chi connectivity index (χ0v) is 7.82. The van der Waals surface area contributed by atoms with Gasteiger partial charge in [0.1, 0.15) is 6.79 Å². The van der Waals surface area contributed by atoms with Gasteiger partial charge in [0.2, 0.25) is 0 Å². The summed E-state index contributed by atoms with van der Waals surface area (Å²) in [6.07, 6.45) is 1.82. The van der Waals surface area contributed by atoms with Crippen molar-refractivity contribution in [3.8, 4) is 0 Å². The third kappa shape index (κ3) is 3.40. The van der Waals surface area contributed by atoms with Gasteiger partial charge in [0, 0.05) is 7.11 Å². The molecule has 1 aromatic rings. The Morgan fingerprint density at radius 1 is 1.31 bits per heavy atom. The van der Waals surface area contributed by atoms with E-state index in [1.807, 2.05) is 30.3 Å². The fraction of sp³-hybridized carbons (Fsp3) is 0.273. The van der Waals surface area contributed by atoms with E-state index in [2.05, 4.69) is 6.58 Å². The molecule has 0 aliphatic carbocycles. The van der Waals surface area contributed by atoms with E-state index in [9.17, 15) is 0 Å². The lowest BCUT2D eigenvalue weighted by atomic mass is 10.1. The molecule has 0 atom stereocenters. The van der Waals surface area contributed by atoms with Gasteiger partial charge in [-0.3, -0.25) is 0 Å². The summed E-state index contributed by atoms with van der Waals surface area (Å²) in [6, 6.07) is 8.07. The summed E-state index contributed by atoms with van der Waals surface area (Å²) in [7, 11) is 1.61. The lowest BCUT2D eigenvalue weighted by Crippen LogP contribution is -1.96. The molecule has 0 bridgehead atoms. The van der Waals surface area contributed by atoms with Crippen LogP contribution in [0.5, 0.6) is 0 Å². The van der Waals surface area contributed by atoms with E-state index < -0.39 is 0 Å². The van der Waals surface area contributed by atoms with Crippen LogP contribution in [0, 0.1) is 0 Å². The molecule has 0 radical (unpaired) electrons. The summed E-state index contributed by atoms with van der Waals surface area (Å²) in [5, 5.41) is 0. The van der Waals surface area contributed by atoms with Crippen molar-refractivity contribution in [3.63, 3.8) is 0 Å². The van der Waals surface area contributed by atoms with E-state index in [1.165, 1.54) is 0 Å². The van der Waals surface area contributed by atoms with Crippen LogP contribution in [0.4, 0.5) is 0 Å². The molecule has 0 saturated carbocycles. The maximum Gasteiger partial charge on any atom is 0.146 e. The second kappa shape index (κ2) is 5.51. The quantitative estimate of drug-likeness (QED) is 0.509. The second-order valence-corrected chi connectivity index (χ2v) is 2.70. The van der Waals surface area contributed by atoms with Gasteiger partial charge in [-0.25, -0.2) is 0 Å². The molecule has 2 nitrogen and oxygen atoms in total. The molecule has 70 valence electrons. The number of benzene rings is 1. The van der Waals surface area contributed by atoms with Crippen LogP contribution in [0.15, 0.2) is 30.8 Å². The molecule has 0 heterocycles. The first-order valence-electron chi connectivity index (χ1n) is 4.15. The smallest absolute Gasteiger partial charge is 0.146 e. The van der Waals surface area contributed by atoms with Crippen molar-refractivity contribution in [3.05, 3.63) is 42.0 Å². The Kier molecular flexibility index (Phi) is 4.23. The van der Waals surface area contributed by atoms with Crippen LogP contribution >= 0.6 is 0 Å². The number of ether oxygens (including phenoxy) is 2. The predicted molar refractivity (Wildman–Crippen MR) is 53.2 cm³/mol. The standard InChI is InChI=1S/C11H14O2/c1-3-10-4-6-11(7-5-10)8-13-9-12-2/h3-7H,1,8-9H2,2H3. The molecule has 0 unspecified atom stereocenters. The van der Waals surface area contributed by atoms with Gasteiger partial charge in [-0.15, -0.1) is 0 Å². The lowest BCUT2D eigenvalue weighted by molar-refractivity contribution is -0.0390. The van der Waals surface area contributed by atoms with Crippen LogP contribution in [0.3, 0.4) is 0 Å². The van der Waals surface area contributed by atoms with Gasteiger partial charge in [-0.2, -0.15) is 0 Å². The van der Waals surface area contributed by atoms with Gasteiger partial charge in [0.05, 0.1) is 6.61 Å². The zero-order valence-electron chi connectivity index (χ0n) is 7.82. The van der Waals surface area contributed by atoms with Crippen molar-refractivity contribution in [2.45, 2.75) is 6.61 Å². The monoisotopic (exact) mass is 178 g/mol. The van der Waals surface area contributed by atoms with Crippen molar-refractivity contribution < 1.29 is 9.47 Å². The number of methoxy groups -OCH3 is 1. The molecule has 0 aromatic heterocycles. The third-order valence-corrected chi connectivity index (χ3v) is 1.69. The SMILES string of the molecule is C=Cc1ccc(COCOC)cc1. The fourth-order valence-corrected chi connectivity index (χ4v) is 0.993. The van der Waals surface area contributed by atoms with Gasteiger partial charge < -0.3 is 9.47 Å². The highest BCUT2D eigenvalue weighted by molar-refractivity contribution is 5.47. The minimum atomic E-state index is 0.337. The molecule has 1 rings (SSSR count). The molecule has 0 spiro atoms. The van der Waals surface area contributed by atoms with Crippen LogP contribution in [0.1, 0.15) is 11.1 Å². The molecule has 0 amide bonds. The Bertz CT molecular complexity index is 251. The third-order valence-electron chi connectivity index (χ3n) is 1.69. The number of hydrogen-bond donors (Lipinski definition) is 0. The van der Waals surface area contributed by atoms with Gasteiger partial charge in [0.15, 0.2) is 0 Å². The summed E-state index contributed by atoms with van der Waals surface area (Å²) in [5.74, 6) is 0. The summed E-state index contributed by atoms with van der Waals surface area (Å²) in [4.78, 5) is 0. The second-order valence-electron chi connectivity index (χ2n) is 2.70. The average Bonchev–Trinajstić information content (AvgIpc) is 2.19. The van der Waals surface area contributed by atoms with E-state index in [1.54, 1.807) is 7.11 Å². The van der Waals surface area contributed by atoms with Crippen LogP contribution in [0.25, 0.3) is 6.08 Å². The van der Waals surface area contributed by atoms with Crippen molar-refractivity contribution in [1.29, 1.82) is 0 Å². The van der Waals surface area contributed by atoms with Gasteiger partial charge in [0.25, 0.3) is 0 Å². The maximum absolute atomic E-state index is 5.19. The van der Waals surface area contributed by atoms with E-state index in [4.69, 9.17) is 9.47 Å². The van der Waals surface area contributed by atoms with Crippen molar-refractivity contribution in [1.82, 2.24) is 0 Å². The zero-order chi connectivity index (χ0) is 9.52. The first kappa shape index (κ1) is 9.96. The van der Waals surface area contributed by atoms with Gasteiger partial charge >= 0.3 is 0 Å². The maximum atomic E-state index is 5.19. The summed E-state index contributed by atoms with van der Waals surface area (Å²) >= 11 is 0. The van der Waals surface area contributed by atoms with Crippen molar-refractivity contribution >= 4 is 6.08 Å². The van der Waals surface area contributed by atoms with Crippen molar-refractivity contribution in [2.24, 2.45) is 0 Å². The highest BCUT2D eigenvalue weighted by atomic mass is 16.7. The highest BCUT2D eigenvalue weighted by Crippen LogP contribution is 2.06. The Hall–Kier alpha value is -1.12. The predicted octanol–water partition coefficient (Wildman–Crippen LogP) is 2.45. The number of hydrogen-bond acceptors (Lipinski definition) is 2. The van der Waals surface area contributed by atoms with Crippen LogP contribution in [-0.2, 0) is 16.1 Å². The fourth-order valence-electron chi connectivity index (χ4n) is 0.993. The largest absolute Gasteiger partial charge is 0.359 e. The minimum Gasteiger partial charge on any atom is -0.359 e. The Labute approximate surface area is 78.8 Å². The van der Waals surface area contributed by atoms with E-state index in [0.717, 1.165) is 11.1 Å². The molecular formula is C11H14O2. The Morgan fingerprint density at radius 3 is 2.54 bits per heavy atom. The Balaban J connectivity index is 2.44. The number of rotatable bonds is 5. The molecular weight excluding hydrogens is 164 g/mol. The highest BCUT2D eigenvalue weighted by Gasteiger charge is 1.92. The average molecular weight is 178 g/mol.